The van der Waals surface area contributed by atoms with Crippen molar-refractivity contribution in [2.24, 2.45) is 4.99 Å². The largest absolute Gasteiger partial charge is 0.492 e. The number of aliphatic imine (C=N–C) groups is 1. The molecule has 1 heterocycles. The van der Waals surface area contributed by atoms with Crippen LogP contribution in [-0.4, -0.2) is 43.7 Å². The van der Waals surface area contributed by atoms with Crippen LogP contribution >= 0.6 is 11.8 Å². The molecule has 1 aliphatic rings. The van der Waals surface area contributed by atoms with Crippen molar-refractivity contribution in [2.75, 3.05) is 32.5 Å². The summed E-state index contributed by atoms with van der Waals surface area (Å²) in [4.78, 5) is 4.24. The van der Waals surface area contributed by atoms with E-state index in [0.29, 0.717) is 6.61 Å². The van der Waals surface area contributed by atoms with Gasteiger partial charge in [-0.3, -0.25) is 4.99 Å². The smallest absolute Gasteiger partial charge is 0.191 e. The molecule has 1 fully saturated rings. The lowest BCUT2D eigenvalue weighted by Crippen LogP contribution is -2.41. The molecule has 0 bridgehead atoms. The van der Waals surface area contributed by atoms with Gasteiger partial charge in [0.2, 0.25) is 0 Å². The number of aryl methyl sites for hydroxylation is 1. The number of thioether (sulfide) groups is 1. The Labute approximate surface area is 131 Å². The lowest BCUT2D eigenvalue weighted by molar-refractivity contribution is 0.321. The third-order valence-corrected chi connectivity index (χ3v) is 4.80. The quantitative estimate of drug-likeness (QED) is 0.481. The van der Waals surface area contributed by atoms with E-state index in [2.05, 4.69) is 40.4 Å². The number of nitrogens with zero attached hydrogens (tertiary/aromatic N) is 1. The van der Waals surface area contributed by atoms with Crippen molar-refractivity contribution in [3.63, 3.8) is 0 Å². The summed E-state index contributed by atoms with van der Waals surface area (Å²) >= 11 is 2.05. The van der Waals surface area contributed by atoms with Gasteiger partial charge in [-0.05, 0) is 43.2 Å². The van der Waals surface area contributed by atoms with Crippen LogP contribution in [0.4, 0.5) is 0 Å². The molecule has 1 unspecified atom stereocenters. The second kappa shape index (κ2) is 8.82. The minimum atomic E-state index is 0.627. The Bertz CT molecular complexity index is 459. The van der Waals surface area contributed by atoms with E-state index < -0.39 is 0 Å². The SMILES string of the molecule is CN=C(NCCOc1cccc(C)c1)NCC1CCCS1. The highest BCUT2D eigenvalue weighted by molar-refractivity contribution is 8.00. The van der Waals surface area contributed by atoms with Gasteiger partial charge in [-0.15, -0.1) is 0 Å². The van der Waals surface area contributed by atoms with E-state index in [9.17, 15) is 0 Å². The lowest BCUT2D eigenvalue weighted by atomic mass is 10.2. The zero-order chi connectivity index (χ0) is 14.9. The average molecular weight is 307 g/mol. The maximum atomic E-state index is 5.71. The zero-order valence-corrected chi connectivity index (χ0v) is 13.7. The first kappa shape index (κ1) is 16.0. The second-order valence-electron chi connectivity index (χ2n) is 5.18. The molecule has 116 valence electrons. The van der Waals surface area contributed by atoms with E-state index in [1.807, 2.05) is 18.2 Å². The van der Waals surface area contributed by atoms with Crippen LogP contribution in [0.25, 0.3) is 0 Å². The van der Waals surface area contributed by atoms with Crippen LogP contribution in [-0.2, 0) is 0 Å². The third-order valence-electron chi connectivity index (χ3n) is 3.40. The Morgan fingerprint density at radius 1 is 1.43 bits per heavy atom. The van der Waals surface area contributed by atoms with Crippen molar-refractivity contribution >= 4 is 17.7 Å². The predicted octanol–water partition coefficient (Wildman–Crippen LogP) is 2.43. The summed E-state index contributed by atoms with van der Waals surface area (Å²) in [5.74, 6) is 3.07. The molecule has 0 amide bonds. The molecule has 4 nitrogen and oxygen atoms in total. The van der Waals surface area contributed by atoms with E-state index in [1.54, 1.807) is 7.05 Å². The number of nitrogens with one attached hydrogen (secondary N) is 2. The highest BCUT2D eigenvalue weighted by Crippen LogP contribution is 2.25. The van der Waals surface area contributed by atoms with Crippen molar-refractivity contribution in [1.29, 1.82) is 0 Å². The molecular formula is C16H25N3OS. The average Bonchev–Trinajstić information content (AvgIpc) is 3.00. The minimum Gasteiger partial charge on any atom is -0.492 e. The second-order valence-corrected chi connectivity index (χ2v) is 6.59. The molecule has 1 aromatic carbocycles. The maximum Gasteiger partial charge on any atom is 0.191 e. The number of ether oxygens (including phenoxy) is 1. The molecule has 2 rings (SSSR count). The maximum absolute atomic E-state index is 5.71. The summed E-state index contributed by atoms with van der Waals surface area (Å²) in [6, 6.07) is 8.11. The highest BCUT2D eigenvalue weighted by atomic mass is 32.2. The number of hydrogen-bond donors (Lipinski definition) is 2. The summed E-state index contributed by atoms with van der Waals surface area (Å²) in [5.41, 5.74) is 1.21. The van der Waals surface area contributed by atoms with Gasteiger partial charge in [0.05, 0.1) is 6.54 Å². The Balaban J connectivity index is 1.61. The van der Waals surface area contributed by atoms with Crippen molar-refractivity contribution in [3.8, 4) is 5.75 Å². The van der Waals surface area contributed by atoms with E-state index in [4.69, 9.17) is 4.74 Å². The van der Waals surface area contributed by atoms with Crippen molar-refractivity contribution in [1.82, 2.24) is 10.6 Å². The molecule has 1 aliphatic heterocycles. The van der Waals surface area contributed by atoms with Gasteiger partial charge in [0.1, 0.15) is 12.4 Å². The van der Waals surface area contributed by atoms with Gasteiger partial charge in [-0.25, -0.2) is 0 Å². The summed E-state index contributed by atoms with van der Waals surface area (Å²) in [5, 5.41) is 7.39. The van der Waals surface area contributed by atoms with Gasteiger partial charge < -0.3 is 15.4 Å². The summed E-state index contributed by atoms with van der Waals surface area (Å²) in [6.07, 6.45) is 2.65. The van der Waals surface area contributed by atoms with Gasteiger partial charge in [0.25, 0.3) is 0 Å². The molecule has 0 saturated carbocycles. The molecule has 0 aromatic heterocycles. The van der Waals surface area contributed by atoms with Gasteiger partial charge in [0.15, 0.2) is 5.96 Å². The van der Waals surface area contributed by atoms with Gasteiger partial charge in [-0.1, -0.05) is 12.1 Å². The molecule has 1 saturated heterocycles. The fraction of sp³-hybridized carbons (Fsp3) is 0.562. The van der Waals surface area contributed by atoms with Crippen molar-refractivity contribution in [2.45, 2.75) is 25.0 Å². The van der Waals surface area contributed by atoms with Crippen LogP contribution in [0.5, 0.6) is 5.75 Å². The molecule has 0 aliphatic carbocycles. The van der Waals surface area contributed by atoms with Gasteiger partial charge >= 0.3 is 0 Å². The molecule has 0 radical (unpaired) electrons. The Morgan fingerprint density at radius 2 is 2.33 bits per heavy atom. The molecular weight excluding hydrogens is 282 g/mol. The Morgan fingerprint density at radius 3 is 3.05 bits per heavy atom. The lowest BCUT2D eigenvalue weighted by Gasteiger charge is -2.15. The topological polar surface area (TPSA) is 45.7 Å². The molecule has 1 aromatic rings. The van der Waals surface area contributed by atoms with E-state index >= 15 is 0 Å². The van der Waals surface area contributed by atoms with Crippen LogP contribution < -0.4 is 15.4 Å². The van der Waals surface area contributed by atoms with Crippen LogP contribution in [0.1, 0.15) is 18.4 Å². The Hall–Kier alpha value is -1.36. The number of rotatable bonds is 6. The first-order valence-corrected chi connectivity index (χ1v) is 8.58. The van der Waals surface area contributed by atoms with E-state index in [0.717, 1.165) is 30.0 Å². The fourth-order valence-electron chi connectivity index (χ4n) is 2.28. The fourth-order valence-corrected chi connectivity index (χ4v) is 3.48. The standard InChI is InChI=1S/C16H25N3OS/c1-13-5-3-6-14(11-13)20-9-8-18-16(17-2)19-12-15-7-4-10-21-15/h3,5-6,11,15H,4,7-10,12H2,1-2H3,(H2,17,18,19). The van der Waals surface area contributed by atoms with Crippen LogP contribution in [0.2, 0.25) is 0 Å². The van der Waals surface area contributed by atoms with Crippen LogP contribution in [0.3, 0.4) is 0 Å². The molecule has 2 N–H and O–H groups in total. The van der Waals surface area contributed by atoms with Crippen LogP contribution in [0, 0.1) is 6.92 Å². The predicted molar refractivity (Wildman–Crippen MR) is 91.5 cm³/mol. The number of guanidine groups is 1. The van der Waals surface area contributed by atoms with E-state index in [1.165, 1.54) is 24.2 Å². The number of hydrogen-bond acceptors (Lipinski definition) is 3. The zero-order valence-electron chi connectivity index (χ0n) is 12.9. The van der Waals surface area contributed by atoms with Gasteiger partial charge in [-0.2, -0.15) is 11.8 Å². The number of benzene rings is 1. The molecule has 21 heavy (non-hydrogen) atoms. The summed E-state index contributed by atoms with van der Waals surface area (Å²) in [7, 11) is 1.80. The van der Waals surface area contributed by atoms with Crippen LogP contribution in [0.15, 0.2) is 29.3 Å². The monoisotopic (exact) mass is 307 g/mol. The third kappa shape index (κ3) is 5.87. The summed E-state index contributed by atoms with van der Waals surface area (Å²) < 4.78 is 5.71. The minimum absolute atomic E-state index is 0.627. The molecule has 5 heteroatoms. The first-order chi connectivity index (χ1) is 10.3. The van der Waals surface area contributed by atoms with Crippen molar-refractivity contribution < 1.29 is 4.74 Å². The van der Waals surface area contributed by atoms with E-state index in [-0.39, 0.29) is 0 Å². The highest BCUT2D eigenvalue weighted by Gasteiger charge is 2.15. The first-order valence-electron chi connectivity index (χ1n) is 7.53. The summed E-state index contributed by atoms with van der Waals surface area (Å²) in [6.45, 7) is 4.43. The molecule has 1 atom stereocenters. The molecule has 0 spiro atoms. The van der Waals surface area contributed by atoms with Gasteiger partial charge in [0, 0.05) is 18.8 Å². The Kier molecular flexibility index (Phi) is 6.73. The normalized spacial score (nSPS) is 18.6. The van der Waals surface area contributed by atoms with Crippen molar-refractivity contribution in [3.05, 3.63) is 29.8 Å².